The molecule has 264 valence electrons. The number of rotatable bonds is 8. The zero-order valence-corrected chi connectivity index (χ0v) is 29.4. The van der Waals surface area contributed by atoms with Crippen molar-refractivity contribution in [2.24, 2.45) is 0 Å². The summed E-state index contributed by atoms with van der Waals surface area (Å²) in [4.78, 5) is 56.6. The lowest BCUT2D eigenvalue weighted by atomic mass is 9.70. The van der Waals surface area contributed by atoms with Gasteiger partial charge in [0.25, 0.3) is 0 Å². The van der Waals surface area contributed by atoms with Crippen LogP contribution < -0.4 is 20.1 Å². The molecule has 1 fully saturated rings. The number of aliphatic hydroxyl groups excluding tert-OH is 1. The van der Waals surface area contributed by atoms with Gasteiger partial charge in [0.1, 0.15) is 23.4 Å². The number of methoxy groups -OCH3 is 2. The van der Waals surface area contributed by atoms with Crippen molar-refractivity contribution in [1.82, 2.24) is 20.4 Å². The molecule has 14 nitrogen and oxygen atoms in total. The van der Waals surface area contributed by atoms with E-state index in [9.17, 15) is 29.5 Å². The van der Waals surface area contributed by atoms with Gasteiger partial charge in [0.05, 0.1) is 25.3 Å². The van der Waals surface area contributed by atoms with Crippen molar-refractivity contribution in [1.29, 1.82) is 5.26 Å². The highest BCUT2D eigenvalue weighted by Crippen LogP contribution is 2.54. The Labute approximate surface area is 286 Å². The highest BCUT2D eigenvalue weighted by Gasteiger charge is 2.57. The van der Waals surface area contributed by atoms with E-state index in [0.717, 1.165) is 16.7 Å². The maximum Gasteiger partial charge on any atom is 0.408 e. The number of hydrogen-bond donors (Lipinski definition) is 3. The van der Waals surface area contributed by atoms with E-state index < -0.39 is 59.4 Å². The third-order valence-electron chi connectivity index (χ3n) is 9.78. The average Bonchev–Trinajstić information content (AvgIpc) is 3.03. The third kappa shape index (κ3) is 6.26. The second kappa shape index (κ2) is 13.5. The molecule has 14 heteroatoms. The lowest BCUT2D eigenvalue weighted by Gasteiger charge is -2.60. The van der Waals surface area contributed by atoms with Gasteiger partial charge in [-0.05, 0) is 72.6 Å². The van der Waals surface area contributed by atoms with Crippen molar-refractivity contribution in [2.75, 3.05) is 34.6 Å². The smallest absolute Gasteiger partial charge is 0.408 e. The van der Waals surface area contributed by atoms with E-state index in [4.69, 9.17) is 18.9 Å². The molecule has 2 bridgehead atoms. The van der Waals surface area contributed by atoms with Gasteiger partial charge in [-0.2, -0.15) is 5.26 Å². The number of amides is 2. The molecule has 3 aliphatic heterocycles. The zero-order chi connectivity index (χ0) is 36.1. The van der Waals surface area contributed by atoms with Gasteiger partial charge in [-0.25, -0.2) is 4.79 Å². The number of nitrogens with zero attached hydrogens (tertiary/aromatic N) is 3. The molecule has 3 heterocycles. The van der Waals surface area contributed by atoms with E-state index in [1.54, 1.807) is 27.9 Å². The minimum absolute atomic E-state index is 0.0415. The molecule has 0 spiro atoms. The lowest BCUT2D eigenvalue weighted by molar-refractivity contribution is -0.134. The van der Waals surface area contributed by atoms with Crippen LogP contribution in [0.3, 0.4) is 0 Å². The number of nitriles is 1. The first-order chi connectivity index (χ1) is 23.1. The van der Waals surface area contributed by atoms with Gasteiger partial charge in [0.15, 0.2) is 18.3 Å². The first-order valence-corrected chi connectivity index (χ1v) is 16.3. The van der Waals surface area contributed by atoms with Crippen LogP contribution in [0.25, 0.3) is 0 Å². The van der Waals surface area contributed by atoms with Crippen LogP contribution in [-0.2, 0) is 30.3 Å². The number of fused-ring (bicyclic) bond motifs is 6. The molecule has 0 radical (unpaired) electrons. The van der Waals surface area contributed by atoms with Crippen LogP contribution in [0.2, 0.25) is 0 Å². The van der Waals surface area contributed by atoms with Crippen LogP contribution in [0.1, 0.15) is 63.8 Å². The molecule has 2 amide bonds. The summed E-state index contributed by atoms with van der Waals surface area (Å²) in [6.07, 6.45) is -0.168. The molecule has 5 rings (SSSR count). The number of allylic oxidation sites excluding steroid dienone is 2. The van der Waals surface area contributed by atoms with Crippen molar-refractivity contribution in [2.45, 2.75) is 96.2 Å². The Kier molecular flexibility index (Phi) is 9.84. The summed E-state index contributed by atoms with van der Waals surface area (Å²) in [5.41, 5.74) is 2.20. The minimum Gasteiger partial charge on any atom is -0.507 e. The first-order valence-electron chi connectivity index (χ1n) is 16.3. The van der Waals surface area contributed by atoms with Crippen molar-refractivity contribution >= 4 is 23.6 Å². The lowest BCUT2D eigenvalue weighted by Crippen LogP contribution is -2.71. The van der Waals surface area contributed by atoms with Gasteiger partial charge in [-0.15, -0.1) is 0 Å². The van der Waals surface area contributed by atoms with Gasteiger partial charge in [-0.3, -0.25) is 24.2 Å². The number of piperazine rings is 1. The molecule has 1 aromatic carbocycles. The minimum atomic E-state index is -1.01. The van der Waals surface area contributed by atoms with Gasteiger partial charge in [-0.1, -0.05) is 6.07 Å². The number of benzene rings is 1. The molecule has 1 saturated heterocycles. The number of nitrogens with one attached hydrogen (secondary N) is 2. The average molecular weight is 680 g/mol. The number of carbonyl (C=O) groups is 4. The van der Waals surface area contributed by atoms with Crippen LogP contribution in [-0.4, -0.2) is 109 Å². The van der Waals surface area contributed by atoms with Gasteiger partial charge >= 0.3 is 6.09 Å². The second-order valence-corrected chi connectivity index (χ2v) is 14.0. The Morgan fingerprint density at radius 1 is 1.12 bits per heavy atom. The maximum atomic E-state index is 13.7. The number of aryl methyl sites for hydroxylation is 1. The number of likely N-dealkylation sites (N-methyl/N-ethyl adjacent to an activating group) is 1. The maximum absolute atomic E-state index is 13.7. The van der Waals surface area contributed by atoms with Crippen LogP contribution in [0, 0.1) is 18.3 Å². The number of ether oxygens (including phenoxy) is 4. The van der Waals surface area contributed by atoms with E-state index in [2.05, 4.69) is 21.6 Å². The number of ketones is 2. The largest absolute Gasteiger partial charge is 0.507 e. The summed E-state index contributed by atoms with van der Waals surface area (Å²) in [7, 11) is 5.02. The molecule has 0 saturated carbocycles. The number of carbonyl (C=O) groups excluding carboxylic acids is 4. The molecule has 6 atom stereocenters. The zero-order valence-electron chi connectivity index (χ0n) is 29.4. The monoisotopic (exact) mass is 679 g/mol. The van der Waals surface area contributed by atoms with Crippen LogP contribution in [0.15, 0.2) is 28.5 Å². The Bertz CT molecular complexity index is 1690. The summed E-state index contributed by atoms with van der Waals surface area (Å²) in [6.45, 7) is 9.71. The van der Waals surface area contributed by atoms with Crippen LogP contribution in [0.5, 0.6) is 11.5 Å². The molecule has 1 aromatic rings. The first kappa shape index (κ1) is 35.8. The van der Waals surface area contributed by atoms with Crippen molar-refractivity contribution in [3.05, 3.63) is 45.2 Å². The van der Waals surface area contributed by atoms with Crippen molar-refractivity contribution < 1.29 is 43.2 Å². The Morgan fingerprint density at radius 2 is 1.82 bits per heavy atom. The summed E-state index contributed by atoms with van der Waals surface area (Å²) >= 11 is 0. The van der Waals surface area contributed by atoms with Gasteiger partial charge in [0, 0.05) is 48.0 Å². The fourth-order valence-corrected chi connectivity index (χ4v) is 7.72. The van der Waals surface area contributed by atoms with Gasteiger partial charge in [0.2, 0.25) is 17.5 Å². The van der Waals surface area contributed by atoms with Crippen molar-refractivity contribution in [3.63, 3.8) is 0 Å². The Hall–Kier alpha value is -4.45. The predicted octanol–water partition coefficient (Wildman–Crippen LogP) is 2.54. The second-order valence-electron chi connectivity index (χ2n) is 14.0. The Morgan fingerprint density at radius 3 is 2.43 bits per heavy atom. The van der Waals surface area contributed by atoms with E-state index in [0.29, 0.717) is 23.5 Å². The van der Waals surface area contributed by atoms with Crippen LogP contribution in [0.4, 0.5) is 4.79 Å². The summed E-state index contributed by atoms with van der Waals surface area (Å²) < 4.78 is 22.5. The predicted molar refractivity (Wildman–Crippen MR) is 176 cm³/mol. The highest BCUT2D eigenvalue weighted by molar-refractivity contribution is 6.50. The van der Waals surface area contributed by atoms with E-state index in [-0.39, 0.29) is 42.7 Å². The fraction of sp³-hybridized carbons (Fsp3) is 0.571. The third-order valence-corrected chi connectivity index (χ3v) is 9.78. The quantitative estimate of drug-likeness (QED) is 0.208. The number of alkyl carbamates (subject to hydrolysis) is 1. The molecule has 1 unspecified atom stereocenters. The summed E-state index contributed by atoms with van der Waals surface area (Å²) in [5, 5.41) is 27.4. The number of Topliss-reactive ketones (excluding diaryl/α,β-unsaturated/α-hetero) is 2. The van der Waals surface area contributed by atoms with E-state index in [1.807, 2.05) is 24.9 Å². The fourth-order valence-electron chi connectivity index (χ4n) is 7.72. The SMILES string of the molecule is COCOc1c(OC)c(C)cc2c1[C@H]1C3CC4=C(C(=O)C(=O)C(C)=C4O)[C@H](CNC(=O)[C@H](C)NC(=O)OC(C)(C)C)N3[C@@H](C#N)[C@@H](C2)N1C. The molecule has 1 aliphatic carbocycles. The molecular formula is C35H45N5O9. The highest BCUT2D eigenvalue weighted by atomic mass is 16.7. The molecule has 4 aliphatic rings. The van der Waals surface area contributed by atoms with E-state index >= 15 is 0 Å². The van der Waals surface area contributed by atoms with Crippen LogP contribution >= 0.6 is 0 Å². The summed E-state index contributed by atoms with van der Waals surface area (Å²) in [5.74, 6) is -1.42. The molecular weight excluding hydrogens is 634 g/mol. The summed E-state index contributed by atoms with van der Waals surface area (Å²) in [6, 6.07) is 0.496. The number of hydrogen-bond acceptors (Lipinski definition) is 12. The molecule has 49 heavy (non-hydrogen) atoms. The Balaban J connectivity index is 1.61. The standard InChI is InChI=1S/C35H45N5O9/c1-16-10-19-11-21-23(13-36)40-22(27(39(21)7)25(19)32(31(16)47-9)48-15-46-8)12-20-26(30(43)29(42)17(2)28(20)41)24(40)14-37-33(44)18(3)38-34(45)49-35(4,5)6/h10,18,21-24,27,41H,11-12,14-15H2,1-9H3,(H,37,44)(H,38,45)/t18-,21+,22?,23-,24-,27+/m0/s1. The number of aliphatic hydroxyl groups is 1. The normalized spacial score (nSPS) is 25.8. The van der Waals surface area contributed by atoms with Crippen molar-refractivity contribution in [3.8, 4) is 17.6 Å². The van der Waals surface area contributed by atoms with Gasteiger partial charge < -0.3 is 34.7 Å². The van der Waals surface area contributed by atoms with E-state index in [1.165, 1.54) is 21.0 Å². The topological polar surface area (TPSA) is 180 Å². The molecule has 3 N–H and O–H groups in total. The molecule has 0 aromatic heterocycles.